The molecule has 1 aliphatic heterocycles. The van der Waals surface area contributed by atoms with E-state index in [1.807, 2.05) is 0 Å². The van der Waals surface area contributed by atoms with E-state index in [9.17, 15) is 39.6 Å². The summed E-state index contributed by atoms with van der Waals surface area (Å²) in [6.07, 6.45) is -8.23. The molecule has 1 fully saturated rings. The average Bonchev–Trinajstić information content (AvgIpc) is 2.78. The van der Waals surface area contributed by atoms with Crippen molar-refractivity contribution in [1.29, 1.82) is 0 Å². The highest BCUT2D eigenvalue weighted by Gasteiger charge is 2.48. The van der Waals surface area contributed by atoms with Crippen LogP contribution in [0.25, 0.3) is 0 Å². The van der Waals surface area contributed by atoms with Gasteiger partial charge in [-0.25, -0.2) is 4.79 Å². The maximum absolute atomic E-state index is 12.7. The van der Waals surface area contributed by atoms with Crippen LogP contribution < -0.4 is 15.4 Å². The summed E-state index contributed by atoms with van der Waals surface area (Å²) in [6.45, 7) is 1.62. The van der Waals surface area contributed by atoms with E-state index in [1.165, 1.54) is 25.1 Å². The maximum atomic E-state index is 12.7. The Kier molecular flexibility index (Phi) is 9.54. The number of benzene rings is 1. The molecular weight excluding hydrogens is 444 g/mol. The van der Waals surface area contributed by atoms with Crippen LogP contribution in [0.1, 0.15) is 29.3 Å². The van der Waals surface area contributed by atoms with Gasteiger partial charge in [0, 0.05) is 20.0 Å². The molecule has 182 valence electrons. The largest absolute Gasteiger partial charge is 0.479 e. The summed E-state index contributed by atoms with van der Waals surface area (Å²) in [7, 11) is 0. The Bertz CT molecular complexity index is 862. The molecule has 1 aromatic carbocycles. The Hall–Kier alpha value is -3.26. The van der Waals surface area contributed by atoms with Crippen molar-refractivity contribution < 1.29 is 53.8 Å². The Labute approximate surface area is 188 Å². The van der Waals surface area contributed by atoms with Gasteiger partial charge in [-0.1, -0.05) is 6.07 Å². The smallest absolute Gasteiger partial charge is 0.335 e. The molecule has 0 aromatic heterocycles. The van der Waals surface area contributed by atoms with E-state index < -0.39 is 48.6 Å². The maximum Gasteiger partial charge on any atom is 0.335 e. The first-order valence-electron chi connectivity index (χ1n) is 9.96. The van der Waals surface area contributed by atoms with Crippen molar-refractivity contribution in [2.45, 2.75) is 50.7 Å². The minimum atomic E-state index is -1.90. The van der Waals surface area contributed by atoms with Crippen LogP contribution in [-0.4, -0.2) is 88.5 Å². The highest BCUT2D eigenvalue weighted by Crippen LogP contribution is 2.28. The van der Waals surface area contributed by atoms with E-state index in [0.29, 0.717) is 24.9 Å². The number of carbonyl (C=O) groups excluding carboxylic acids is 3. The molecule has 0 bridgehead atoms. The fraction of sp³-hybridized carbons (Fsp3) is 0.500. The SMILES string of the molecule is CC(=O)OCc1ccc(O[C@@H]2O[C@H](C(=O)O)[C@@H](O)[C@H](O)[C@H]2O)c(C(=O)NCCCNC=O)c1. The fourth-order valence-electron chi connectivity index (χ4n) is 2.95. The van der Waals surface area contributed by atoms with Crippen molar-refractivity contribution in [2.75, 3.05) is 13.1 Å². The van der Waals surface area contributed by atoms with E-state index in [4.69, 9.17) is 14.2 Å². The molecule has 1 saturated heterocycles. The first-order chi connectivity index (χ1) is 15.6. The van der Waals surface area contributed by atoms with E-state index in [1.54, 1.807) is 0 Å². The Morgan fingerprint density at radius 2 is 1.85 bits per heavy atom. The van der Waals surface area contributed by atoms with Gasteiger partial charge in [0.15, 0.2) is 6.10 Å². The van der Waals surface area contributed by atoms with Crippen LogP contribution in [0.4, 0.5) is 0 Å². The normalized spacial score (nSPS) is 24.4. The zero-order chi connectivity index (χ0) is 24.5. The Morgan fingerprint density at radius 3 is 2.48 bits per heavy atom. The second-order valence-electron chi connectivity index (χ2n) is 7.15. The molecule has 2 amide bonds. The number of rotatable bonds is 11. The number of carboxylic acid groups (broad SMARTS) is 1. The summed E-state index contributed by atoms with van der Waals surface area (Å²) in [5, 5.41) is 44.2. The summed E-state index contributed by atoms with van der Waals surface area (Å²) in [5.74, 6) is -2.85. The van der Waals surface area contributed by atoms with Crippen LogP contribution in [0, 0.1) is 0 Å². The first kappa shape index (κ1) is 26.0. The van der Waals surface area contributed by atoms with Gasteiger partial charge in [-0.15, -0.1) is 0 Å². The average molecular weight is 470 g/mol. The number of carbonyl (C=O) groups is 4. The number of carboxylic acids is 1. The van der Waals surface area contributed by atoms with Gasteiger partial charge < -0.3 is 45.3 Å². The number of ether oxygens (including phenoxy) is 3. The lowest BCUT2D eigenvalue weighted by Crippen LogP contribution is -2.61. The third-order valence-corrected chi connectivity index (χ3v) is 4.65. The van der Waals surface area contributed by atoms with E-state index in [-0.39, 0.29) is 24.5 Å². The molecule has 0 saturated carbocycles. The number of hydrogen-bond donors (Lipinski definition) is 6. The number of esters is 1. The minimum absolute atomic E-state index is 0.0497. The van der Waals surface area contributed by atoms with Crippen LogP contribution in [0.3, 0.4) is 0 Å². The molecule has 33 heavy (non-hydrogen) atoms. The third-order valence-electron chi connectivity index (χ3n) is 4.65. The molecule has 1 aliphatic rings. The summed E-state index contributed by atoms with van der Waals surface area (Å²) in [4.78, 5) is 45.4. The highest BCUT2D eigenvalue weighted by molar-refractivity contribution is 5.97. The summed E-state index contributed by atoms with van der Waals surface area (Å²) < 4.78 is 15.5. The van der Waals surface area contributed by atoms with E-state index in [0.717, 1.165) is 0 Å². The van der Waals surface area contributed by atoms with Crippen LogP contribution in [0.5, 0.6) is 5.75 Å². The molecule has 13 heteroatoms. The second kappa shape index (κ2) is 12.1. The molecule has 5 atom stereocenters. The minimum Gasteiger partial charge on any atom is -0.479 e. The van der Waals surface area contributed by atoms with Crippen LogP contribution >= 0.6 is 0 Å². The van der Waals surface area contributed by atoms with Crippen LogP contribution in [0.2, 0.25) is 0 Å². The molecule has 13 nitrogen and oxygen atoms in total. The van der Waals surface area contributed by atoms with Gasteiger partial charge in [0.2, 0.25) is 12.7 Å². The number of aliphatic carboxylic acids is 1. The molecule has 0 unspecified atom stereocenters. The van der Waals surface area contributed by atoms with Crippen molar-refractivity contribution in [2.24, 2.45) is 0 Å². The zero-order valence-electron chi connectivity index (χ0n) is 17.7. The van der Waals surface area contributed by atoms with Gasteiger partial charge in [0.1, 0.15) is 30.7 Å². The lowest BCUT2D eigenvalue weighted by Gasteiger charge is -2.38. The van der Waals surface area contributed by atoms with Crippen LogP contribution in [0.15, 0.2) is 18.2 Å². The summed E-state index contributed by atoms with van der Waals surface area (Å²) in [6, 6.07) is 4.16. The predicted molar refractivity (Wildman–Crippen MR) is 108 cm³/mol. The number of amides is 2. The van der Waals surface area contributed by atoms with Gasteiger partial charge in [0.25, 0.3) is 5.91 Å². The van der Waals surface area contributed by atoms with Crippen molar-refractivity contribution in [3.8, 4) is 5.75 Å². The quantitative estimate of drug-likeness (QED) is 0.117. The van der Waals surface area contributed by atoms with Gasteiger partial charge in [-0.05, 0) is 24.1 Å². The lowest BCUT2D eigenvalue weighted by molar-refractivity contribution is -0.271. The molecule has 0 spiro atoms. The van der Waals surface area contributed by atoms with Crippen molar-refractivity contribution in [3.63, 3.8) is 0 Å². The first-order valence-corrected chi connectivity index (χ1v) is 9.96. The molecular formula is C20H26N2O11. The summed E-state index contributed by atoms with van der Waals surface area (Å²) in [5.41, 5.74) is 0.389. The number of aliphatic hydroxyl groups is 3. The molecule has 0 aliphatic carbocycles. The lowest BCUT2D eigenvalue weighted by atomic mass is 9.99. The number of hydrogen-bond acceptors (Lipinski definition) is 10. The topological polar surface area (TPSA) is 201 Å². The van der Waals surface area contributed by atoms with Gasteiger partial charge in [-0.3, -0.25) is 14.4 Å². The van der Waals surface area contributed by atoms with E-state index >= 15 is 0 Å². The third kappa shape index (κ3) is 7.12. The van der Waals surface area contributed by atoms with E-state index in [2.05, 4.69) is 10.6 Å². The highest BCUT2D eigenvalue weighted by atomic mass is 16.7. The zero-order valence-corrected chi connectivity index (χ0v) is 17.7. The van der Waals surface area contributed by atoms with Gasteiger partial charge in [0.05, 0.1) is 5.56 Å². The number of aliphatic hydroxyl groups excluding tert-OH is 3. The van der Waals surface area contributed by atoms with Gasteiger partial charge in [-0.2, -0.15) is 0 Å². The second-order valence-corrected chi connectivity index (χ2v) is 7.15. The van der Waals surface area contributed by atoms with Gasteiger partial charge >= 0.3 is 11.9 Å². The molecule has 1 heterocycles. The molecule has 0 radical (unpaired) electrons. The molecule has 1 aromatic rings. The Balaban J connectivity index is 2.24. The van der Waals surface area contributed by atoms with Crippen LogP contribution in [-0.2, 0) is 30.5 Å². The molecule has 2 rings (SSSR count). The summed E-state index contributed by atoms with van der Waals surface area (Å²) >= 11 is 0. The predicted octanol–water partition coefficient (Wildman–Crippen LogP) is -2.11. The number of nitrogens with one attached hydrogen (secondary N) is 2. The fourth-order valence-corrected chi connectivity index (χ4v) is 2.95. The monoisotopic (exact) mass is 470 g/mol. The van der Waals surface area contributed by atoms with Crippen molar-refractivity contribution in [1.82, 2.24) is 10.6 Å². The van der Waals surface area contributed by atoms with Crippen molar-refractivity contribution >= 4 is 24.3 Å². The molecule has 6 N–H and O–H groups in total. The Morgan fingerprint density at radius 1 is 1.12 bits per heavy atom. The standard InChI is InChI=1S/C20H26N2O11/c1-10(24)31-8-11-3-4-13(12(7-11)18(28)22-6-2-5-21-9-23)32-20-16(27)14(25)15(26)17(33-20)19(29)30/h3-4,7,9,14-17,20,25-27H,2,5-6,8H2,1H3,(H,21,23)(H,22,28)(H,29,30)/t14-,15-,16+,17-,20+/m0/s1. The van der Waals surface area contributed by atoms with Crippen molar-refractivity contribution in [3.05, 3.63) is 29.3 Å².